The second-order valence-corrected chi connectivity index (χ2v) is 8.10. The van der Waals surface area contributed by atoms with E-state index in [0.717, 1.165) is 33.8 Å². The fourth-order valence-electron chi connectivity index (χ4n) is 3.82. The van der Waals surface area contributed by atoms with Crippen LogP contribution in [0.25, 0.3) is 11.1 Å². The molecule has 0 spiro atoms. The highest BCUT2D eigenvalue weighted by Crippen LogP contribution is 2.44. The zero-order valence-electron chi connectivity index (χ0n) is 17.3. The summed E-state index contributed by atoms with van der Waals surface area (Å²) in [5, 5.41) is 14.5. The van der Waals surface area contributed by atoms with Gasteiger partial charge in [0.2, 0.25) is 5.91 Å². The van der Waals surface area contributed by atoms with Gasteiger partial charge in [0.15, 0.2) is 0 Å². The van der Waals surface area contributed by atoms with Crippen LogP contribution < -0.4 is 10.6 Å². The van der Waals surface area contributed by atoms with Crippen molar-refractivity contribution in [2.45, 2.75) is 19.3 Å². The van der Waals surface area contributed by atoms with Crippen LogP contribution in [0.1, 0.15) is 39.5 Å². The number of carbonyl (C=O) groups is 3. The molecule has 1 aliphatic rings. The van der Waals surface area contributed by atoms with E-state index < -0.39 is 18.0 Å². The molecule has 1 aromatic heterocycles. The third kappa shape index (κ3) is 4.33. The smallest absolute Gasteiger partial charge is 0.407 e. The van der Waals surface area contributed by atoms with Gasteiger partial charge in [-0.25, -0.2) is 9.59 Å². The molecule has 2 amide bonds. The third-order valence-corrected chi connectivity index (χ3v) is 6.15. The lowest BCUT2D eigenvalue weighted by molar-refractivity contribution is -0.116. The maximum atomic E-state index is 12.2. The summed E-state index contributed by atoms with van der Waals surface area (Å²) in [7, 11) is 0. The minimum Gasteiger partial charge on any atom is -0.478 e. The zero-order valence-corrected chi connectivity index (χ0v) is 18.1. The van der Waals surface area contributed by atoms with Crippen LogP contribution in [-0.2, 0) is 9.53 Å². The van der Waals surface area contributed by atoms with Crippen molar-refractivity contribution < 1.29 is 24.2 Å². The predicted octanol–water partition coefficient (Wildman–Crippen LogP) is 4.02. The normalized spacial score (nSPS) is 12.0. The maximum Gasteiger partial charge on any atom is 0.407 e. The van der Waals surface area contributed by atoms with E-state index in [1.807, 2.05) is 36.4 Å². The second-order valence-electron chi connectivity index (χ2n) is 7.33. The zero-order chi connectivity index (χ0) is 22.7. The summed E-state index contributed by atoms with van der Waals surface area (Å²) in [6.07, 6.45) is -0.639. The first-order valence-electron chi connectivity index (χ1n) is 10.0. The number of carboxylic acid groups (broad SMARTS) is 1. The number of aromatic nitrogens is 1. The molecule has 0 radical (unpaired) electrons. The molecule has 0 atom stereocenters. The number of hydrogen-bond acceptors (Lipinski definition) is 6. The summed E-state index contributed by atoms with van der Waals surface area (Å²) in [6.45, 7) is 1.81. The monoisotopic (exact) mass is 451 g/mol. The highest BCUT2D eigenvalue weighted by Gasteiger charge is 2.29. The summed E-state index contributed by atoms with van der Waals surface area (Å²) < 4.78 is 9.38. The quantitative estimate of drug-likeness (QED) is 0.499. The molecule has 1 heterocycles. The van der Waals surface area contributed by atoms with Gasteiger partial charge in [-0.2, -0.15) is 4.37 Å². The van der Waals surface area contributed by atoms with Crippen LogP contribution in [-0.4, -0.2) is 40.6 Å². The molecule has 0 bridgehead atoms. The van der Waals surface area contributed by atoms with Crippen LogP contribution in [0.5, 0.6) is 0 Å². The molecule has 0 fully saturated rings. The van der Waals surface area contributed by atoms with E-state index in [0.29, 0.717) is 5.69 Å². The van der Waals surface area contributed by atoms with Crippen LogP contribution in [0.4, 0.5) is 9.80 Å². The number of rotatable bonds is 7. The first kappa shape index (κ1) is 21.5. The van der Waals surface area contributed by atoms with Crippen molar-refractivity contribution in [3.63, 3.8) is 0 Å². The van der Waals surface area contributed by atoms with E-state index in [-0.39, 0.29) is 36.1 Å². The van der Waals surface area contributed by atoms with Crippen LogP contribution in [0.2, 0.25) is 0 Å². The molecule has 32 heavy (non-hydrogen) atoms. The van der Waals surface area contributed by atoms with E-state index in [2.05, 4.69) is 27.1 Å². The molecule has 9 heteroatoms. The number of fused-ring (bicyclic) bond motifs is 3. The van der Waals surface area contributed by atoms with Gasteiger partial charge in [-0.05, 0) is 40.7 Å². The number of ether oxygens (including phenoxy) is 1. The van der Waals surface area contributed by atoms with E-state index in [9.17, 15) is 19.5 Å². The molecule has 164 valence electrons. The minimum absolute atomic E-state index is 0.0205. The van der Waals surface area contributed by atoms with Crippen molar-refractivity contribution in [1.82, 2.24) is 9.69 Å². The van der Waals surface area contributed by atoms with Crippen molar-refractivity contribution in [2.24, 2.45) is 0 Å². The predicted molar refractivity (Wildman–Crippen MR) is 120 cm³/mol. The summed E-state index contributed by atoms with van der Waals surface area (Å²) in [5.41, 5.74) is 4.85. The summed E-state index contributed by atoms with van der Waals surface area (Å²) in [5.74, 6) is -1.61. The molecule has 0 saturated heterocycles. The van der Waals surface area contributed by atoms with Gasteiger partial charge in [-0.1, -0.05) is 48.5 Å². The summed E-state index contributed by atoms with van der Waals surface area (Å²) in [6, 6.07) is 16.1. The Hall–Kier alpha value is -3.72. The SMILES string of the molecule is Cc1nsc(NC(=O)CCNC(=O)OCC2c3ccccc3-c3ccccc32)c1C(=O)O. The minimum atomic E-state index is -1.15. The molecule has 1 aliphatic carbocycles. The number of aromatic carboxylic acids is 1. The molecule has 0 saturated carbocycles. The van der Waals surface area contributed by atoms with Crippen LogP contribution in [0.15, 0.2) is 48.5 Å². The molecule has 8 nitrogen and oxygen atoms in total. The Balaban J connectivity index is 1.27. The van der Waals surface area contributed by atoms with Gasteiger partial charge < -0.3 is 20.5 Å². The lowest BCUT2D eigenvalue weighted by atomic mass is 9.98. The van der Waals surface area contributed by atoms with Crippen molar-refractivity contribution >= 4 is 34.5 Å². The Bertz CT molecular complexity index is 1140. The van der Waals surface area contributed by atoms with Gasteiger partial charge in [0.1, 0.15) is 17.2 Å². The lowest BCUT2D eigenvalue weighted by Crippen LogP contribution is -2.29. The lowest BCUT2D eigenvalue weighted by Gasteiger charge is -2.14. The number of nitrogens with zero attached hydrogens (tertiary/aromatic N) is 1. The second kappa shape index (κ2) is 9.19. The molecule has 0 unspecified atom stereocenters. The number of benzene rings is 2. The van der Waals surface area contributed by atoms with Crippen LogP contribution in [0, 0.1) is 6.92 Å². The maximum absolute atomic E-state index is 12.2. The van der Waals surface area contributed by atoms with Gasteiger partial charge in [0.25, 0.3) is 0 Å². The highest BCUT2D eigenvalue weighted by atomic mass is 32.1. The Morgan fingerprint density at radius 1 is 1.06 bits per heavy atom. The van der Waals surface area contributed by atoms with E-state index in [4.69, 9.17) is 4.74 Å². The van der Waals surface area contributed by atoms with Gasteiger partial charge >= 0.3 is 12.1 Å². The number of carbonyl (C=O) groups excluding carboxylic acids is 2. The van der Waals surface area contributed by atoms with Crippen molar-refractivity contribution in [1.29, 1.82) is 0 Å². The summed E-state index contributed by atoms with van der Waals surface area (Å²) in [4.78, 5) is 35.5. The van der Waals surface area contributed by atoms with Gasteiger partial charge in [-0.15, -0.1) is 0 Å². The topological polar surface area (TPSA) is 118 Å². The van der Waals surface area contributed by atoms with Crippen LogP contribution in [0.3, 0.4) is 0 Å². The molecular weight excluding hydrogens is 430 g/mol. The standard InChI is InChI=1S/C23H21N3O5S/c1-13-20(22(28)29)21(32-26-13)25-19(27)10-11-24-23(30)31-12-18-16-8-4-2-6-14(16)15-7-3-5-9-17(15)18/h2-9,18H,10-12H2,1H3,(H,24,30)(H,25,27)(H,28,29). The van der Waals surface area contributed by atoms with E-state index >= 15 is 0 Å². The molecule has 2 aromatic carbocycles. The van der Waals surface area contributed by atoms with Gasteiger partial charge in [0, 0.05) is 18.9 Å². The number of carboxylic acids is 1. The van der Waals surface area contributed by atoms with Crippen molar-refractivity contribution in [3.05, 3.63) is 70.9 Å². The Morgan fingerprint density at radius 2 is 1.69 bits per heavy atom. The largest absolute Gasteiger partial charge is 0.478 e. The van der Waals surface area contributed by atoms with Crippen molar-refractivity contribution in [3.8, 4) is 11.1 Å². The molecule has 3 aromatic rings. The molecule has 3 N–H and O–H groups in total. The fraction of sp³-hybridized carbons (Fsp3) is 0.217. The number of nitrogens with one attached hydrogen (secondary N) is 2. The van der Waals surface area contributed by atoms with Crippen molar-refractivity contribution in [2.75, 3.05) is 18.5 Å². The molecule has 0 aliphatic heterocycles. The number of alkyl carbamates (subject to hydrolysis) is 1. The third-order valence-electron chi connectivity index (χ3n) is 5.29. The Kier molecular flexibility index (Phi) is 6.18. The number of amides is 2. The molecular formula is C23H21N3O5S. The molecule has 4 rings (SSSR count). The highest BCUT2D eigenvalue weighted by molar-refractivity contribution is 7.11. The Morgan fingerprint density at radius 3 is 2.31 bits per heavy atom. The number of anilines is 1. The average molecular weight is 452 g/mol. The van der Waals surface area contributed by atoms with E-state index in [1.54, 1.807) is 6.92 Å². The van der Waals surface area contributed by atoms with E-state index in [1.165, 1.54) is 0 Å². The first-order chi connectivity index (χ1) is 15.5. The average Bonchev–Trinajstić information content (AvgIpc) is 3.30. The number of aryl methyl sites for hydroxylation is 1. The Labute approximate surface area is 188 Å². The van der Waals surface area contributed by atoms with Crippen LogP contribution >= 0.6 is 11.5 Å². The fourth-order valence-corrected chi connectivity index (χ4v) is 4.63. The number of hydrogen-bond donors (Lipinski definition) is 3. The summed E-state index contributed by atoms with van der Waals surface area (Å²) >= 11 is 0.909. The van der Waals surface area contributed by atoms with Gasteiger partial charge in [-0.3, -0.25) is 4.79 Å². The van der Waals surface area contributed by atoms with Gasteiger partial charge in [0.05, 0.1) is 5.69 Å². The first-order valence-corrected chi connectivity index (χ1v) is 10.8.